The van der Waals surface area contributed by atoms with E-state index in [4.69, 9.17) is 9.84 Å². The van der Waals surface area contributed by atoms with Crippen molar-refractivity contribution < 1.29 is 14.6 Å². The third-order valence-corrected chi connectivity index (χ3v) is 7.65. The average Bonchev–Trinajstić information content (AvgIpc) is 3.64. The minimum atomic E-state index is -0.795. The van der Waals surface area contributed by atoms with Gasteiger partial charge in [-0.1, -0.05) is 43.4 Å². The molecule has 1 N–H and O–H groups in total. The van der Waals surface area contributed by atoms with E-state index in [1.54, 1.807) is 6.92 Å². The number of carbonyl (C=O) groups is 1. The molecule has 3 heteroatoms. The summed E-state index contributed by atoms with van der Waals surface area (Å²) in [5.41, 5.74) is 0. The van der Waals surface area contributed by atoms with Crippen molar-refractivity contribution in [2.75, 3.05) is 13.2 Å². The van der Waals surface area contributed by atoms with E-state index in [-0.39, 0.29) is 5.92 Å². The van der Waals surface area contributed by atoms with Gasteiger partial charge >= 0.3 is 5.97 Å². The lowest BCUT2D eigenvalue weighted by Gasteiger charge is -2.05. The summed E-state index contributed by atoms with van der Waals surface area (Å²) in [5, 5.41) is 8.40. The zero-order valence-electron chi connectivity index (χ0n) is 19.8. The topological polar surface area (TPSA) is 46.5 Å². The molecule has 6 rings (SSSR count). The quantitative estimate of drug-likeness (QED) is 0.377. The van der Waals surface area contributed by atoms with Crippen LogP contribution in [0.2, 0.25) is 0 Å². The summed E-state index contributed by atoms with van der Waals surface area (Å²) in [7, 11) is 0. The third-order valence-electron chi connectivity index (χ3n) is 7.65. The number of hydrogen-bond donors (Lipinski definition) is 1. The van der Waals surface area contributed by atoms with Gasteiger partial charge in [0.2, 0.25) is 0 Å². The summed E-state index contributed by atoms with van der Waals surface area (Å²) in [5.74, 6) is 4.77. The van der Waals surface area contributed by atoms with Gasteiger partial charge in [-0.3, -0.25) is 4.79 Å². The van der Waals surface area contributed by atoms with Crippen molar-refractivity contribution in [1.82, 2.24) is 0 Å². The number of hydrogen-bond acceptors (Lipinski definition) is 2. The van der Waals surface area contributed by atoms with Gasteiger partial charge in [-0.25, -0.2) is 0 Å². The third kappa shape index (κ3) is 8.25. The van der Waals surface area contributed by atoms with Crippen LogP contribution in [0, 0.1) is 41.4 Å². The van der Waals surface area contributed by atoms with Crippen LogP contribution in [0.15, 0.2) is 36.5 Å². The monoisotopic (exact) mass is 428 g/mol. The van der Waals surface area contributed by atoms with Crippen LogP contribution in [-0.4, -0.2) is 24.3 Å². The predicted octanol–water partition coefficient (Wildman–Crippen LogP) is 7.05. The maximum absolute atomic E-state index is 10.2. The summed E-state index contributed by atoms with van der Waals surface area (Å²) in [6.45, 7) is 4.60. The van der Waals surface area contributed by atoms with Gasteiger partial charge in [-0.05, 0) is 107 Å². The highest BCUT2D eigenvalue weighted by Crippen LogP contribution is 2.39. The molecule has 7 atom stereocenters. The van der Waals surface area contributed by atoms with E-state index in [2.05, 4.69) is 36.5 Å². The number of allylic oxidation sites excluding steroid dienone is 6. The van der Waals surface area contributed by atoms with Crippen molar-refractivity contribution in [3.05, 3.63) is 36.5 Å². The minimum Gasteiger partial charge on any atom is -0.481 e. The maximum atomic E-state index is 10.2. The zero-order valence-corrected chi connectivity index (χ0v) is 19.8. The van der Waals surface area contributed by atoms with Gasteiger partial charge in [0.25, 0.3) is 0 Å². The summed E-state index contributed by atoms with van der Waals surface area (Å²) >= 11 is 0. The second-order valence-corrected chi connectivity index (χ2v) is 10.5. The second-order valence-electron chi connectivity index (χ2n) is 10.5. The fourth-order valence-corrected chi connectivity index (χ4v) is 5.63. The van der Waals surface area contributed by atoms with E-state index < -0.39 is 5.97 Å². The molecule has 0 aromatic rings. The molecule has 0 amide bonds. The number of carboxylic acid groups (broad SMARTS) is 1. The summed E-state index contributed by atoms with van der Waals surface area (Å²) in [6, 6.07) is 0. The van der Waals surface area contributed by atoms with Gasteiger partial charge in [-0.15, -0.1) is 0 Å². The Kier molecular flexibility index (Phi) is 9.90. The van der Waals surface area contributed by atoms with Crippen molar-refractivity contribution in [3.63, 3.8) is 0 Å². The standard InChI is InChI=1S/C7H14O3.3C7H10/c1-3-4-10-5-6(2)7(8)9;3*1-2-7-4-3-6(1)5-7/h6H,3-5H2,1-2H3,(H,8,9);3*1-2,6-7H,3-5H2. The zero-order chi connectivity index (χ0) is 22.1. The molecule has 0 aliphatic heterocycles. The Labute approximate surface area is 190 Å². The van der Waals surface area contributed by atoms with Crippen LogP contribution in [0.4, 0.5) is 0 Å². The fourth-order valence-electron chi connectivity index (χ4n) is 5.63. The molecule has 0 saturated heterocycles. The molecule has 3 saturated carbocycles. The van der Waals surface area contributed by atoms with E-state index in [0.717, 1.165) is 41.9 Å². The smallest absolute Gasteiger partial charge is 0.308 e. The normalized spacial score (nSPS) is 35.2. The molecular weight excluding hydrogens is 384 g/mol. The molecular formula is C28H44O3. The summed E-state index contributed by atoms with van der Waals surface area (Å²) in [4.78, 5) is 10.2. The Morgan fingerprint density at radius 3 is 1.26 bits per heavy atom. The Bertz CT molecular complexity index is 532. The molecule has 6 bridgehead atoms. The molecule has 0 aromatic carbocycles. The molecule has 174 valence electrons. The SMILES string of the molecule is C1=CC2CCC1C2.C1=CC2CCC1C2.C1=CC2CCC1C2.CCCOCC(C)C(=O)O. The lowest BCUT2D eigenvalue weighted by atomic mass is 10.1. The van der Waals surface area contributed by atoms with Gasteiger partial charge < -0.3 is 9.84 Å². The van der Waals surface area contributed by atoms with E-state index in [1.807, 2.05) is 6.92 Å². The molecule has 31 heavy (non-hydrogen) atoms. The lowest BCUT2D eigenvalue weighted by molar-refractivity contribution is -0.143. The van der Waals surface area contributed by atoms with Crippen LogP contribution < -0.4 is 0 Å². The molecule has 0 spiro atoms. The first-order valence-corrected chi connectivity index (χ1v) is 12.9. The molecule has 3 fully saturated rings. The van der Waals surface area contributed by atoms with Crippen molar-refractivity contribution in [3.8, 4) is 0 Å². The van der Waals surface area contributed by atoms with Gasteiger partial charge in [0.1, 0.15) is 0 Å². The van der Waals surface area contributed by atoms with Crippen molar-refractivity contribution >= 4 is 5.97 Å². The first-order valence-electron chi connectivity index (χ1n) is 12.9. The van der Waals surface area contributed by atoms with Gasteiger partial charge in [0, 0.05) is 6.61 Å². The molecule has 3 nitrogen and oxygen atoms in total. The second kappa shape index (κ2) is 12.6. The van der Waals surface area contributed by atoms with E-state index in [0.29, 0.717) is 13.2 Å². The number of aliphatic carboxylic acids is 1. The van der Waals surface area contributed by atoms with Crippen LogP contribution in [-0.2, 0) is 9.53 Å². The Morgan fingerprint density at radius 2 is 1.10 bits per heavy atom. The van der Waals surface area contributed by atoms with Crippen LogP contribution >= 0.6 is 0 Å². The van der Waals surface area contributed by atoms with Crippen LogP contribution in [0.25, 0.3) is 0 Å². The maximum Gasteiger partial charge on any atom is 0.308 e. The first-order chi connectivity index (χ1) is 15.0. The number of rotatable bonds is 5. The van der Waals surface area contributed by atoms with Gasteiger partial charge in [0.15, 0.2) is 0 Å². The summed E-state index contributed by atoms with van der Waals surface area (Å²) < 4.78 is 5.03. The highest BCUT2D eigenvalue weighted by molar-refractivity contribution is 5.69. The van der Waals surface area contributed by atoms with Crippen molar-refractivity contribution in [2.24, 2.45) is 41.4 Å². The fraction of sp³-hybridized carbons (Fsp3) is 0.750. The molecule has 0 heterocycles. The first kappa shape index (κ1) is 24.3. The Morgan fingerprint density at radius 1 is 0.774 bits per heavy atom. The molecule has 0 aromatic heterocycles. The Hall–Kier alpha value is -1.35. The predicted molar refractivity (Wildman–Crippen MR) is 128 cm³/mol. The summed E-state index contributed by atoms with van der Waals surface area (Å²) in [6.07, 6.45) is 28.5. The van der Waals surface area contributed by atoms with E-state index in [9.17, 15) is 4.79 Å². The van der Waals surface area contributed by atoms with E-state index in [1.165, 1.54) is 57.8 Å². The highest BCUT2D eigenvalue weighted by Gasteiger charge is 2.26. The Balaban J connectivity index is 0.000000118. The average molecular weight is 429 g/mol. The van der Waals surface area contributed by atoms with Crippen LogP contribution in [0.1, 0.15) is 78.1 Å². The van der Waals surface area contributed by atoms with Gasteiger partial charge in [-0.2, -0.15) is 0 Å². The van der Waals surface area contributed by atoms with Crippen LogP contribution in [0.3, 0.4) is 0 Å². The minimum absolute atomic E-state index is 0.323. The lowest BCUT2D eigenvalue weighted by Crippen LogP contribution is -2.16. The number of ether oxygens (including phenoxy) is 1. The molecule has 6 aliphatic carbocycles. The van der Waals surface area contributed by atoms with Crippen LogP contribution in [0.5, 0.6) is 0 Å². The van der Waals surface area contributed by atoms with Crippen molar-refractivity contribution in [1.29, 1.82) is 0 Å². The molecule has 7 unspecified atom stereocenters. The largest absolute Gasteiger partial charge is 0.481 e. The molecule has 6 aliphatic rings. The molecule has 0 radical (unpaired) electrons. The number of carboxylic acids is 1. The van der Waals surface area contributed by atoms with Crippen molar-refractivity contribution in [2.45, 2.75) is 78.1 Å². The number of fused-ring (bicyclic) bond motifs is 6. The van der Waals surface area contributed by atoms with E-state index >= 15 is 0 Å². The van der Waals surface area contributed by atoms with Gasteiger partial charge in [0.05, 0.1) is 12.5 Å². The highest BCUT2D eigenvalue weighted by atomic mass is 16.5.